The highest BCUT2D eigenvalue weighted by Gasteiger charge is 2.10. The van der Waals surface area contributed by atoms with Crippen LogP contribution < -0.4 is 5.32 Å². The molecule has 2 aromatic heterocycles. The van der Waals surface area contributed by atoms with Gasteiger partial charge in [-0.2, -0.15) is 4.98 Å². The lowest BCUT2D eigenvalue weighted by molar-refractivity contribution is -0.120. The van der Waals surface area contributed by atoms with Gasteiger partial charge in [0, 0.05) is 18.9 Å². The van der Waals surface area contributed by atoms with Gasteiger partial charge in [0.1, 0.15) is 6.33 Å². The maximum atomic E-state index is 12.0. The second-order valence-corrected chi connectivity index (χ2v) is 5.90. The van der Waals surface area contributed by atoms with Crippen LogP contribution in [-0.4, -0.2) is 42.8 Å². The average Bonchev–Trinajstić information content (AvgIpc) is 3.27. The first-order chi connectivity index (χ1) is 12.1. The Bertz CT molecular complexity index is 809. The van der Waals surface area contributed by atoms with Crippen molar-refractivity contribution in [3.63, 3.8) is 0 Å². The van der Waals surface area contributed by atoms with E-state index in [2.05, 4.69) is 31.0 Å². The fourth-order valence-corrected chi connectivity index (χ4v) is 2.21. The molecule has 9 heteroatoms. The molecule has 0 unspecified atom stereocenters. The van der Waals surface area contributed by atoms with Crippen molar-refractivity contribution >= 4 is 5.91 Å². The van der Waals surface area contributed by atoms with Crippen molar-refractivity contribution in [3.8, 4) is 5.69 Å². The number of hydrogen-bond acceptors (Lipinski definition) is 7. The Hall–Kier alpha value is -3.10. The third-order valence-corrected chi connectivity index (χ3v) is 3.58. The second kappa shape index (κ2) is 7.65. The van der Waals surface area contributed by atoms with E-state index in [4.69, 9.17) is 4.52 Å². The maximum absolute atomic E-state index is 12.0. The Morgan fingerprint density at radius 2 is 2.08 bits per heavy atom. The summed E-state index contributed by atoms with van der Waals surface area (Å²) in [6.45, 7) is 4.46. The summed E-state index contributed by atoms with van der Waals surface area (Å²) in [6.07, 6.45) is 2.34. The van der Waals surface area contributed by atoms with Crippen LogP contribution in [-0.2, 0) is 17.6 Å². The van der Waals surface area contributed by atoms with Gasteiger partial charge >= 0.3 is 0 Å². The van der Waals surface area contributed by atoms with E-state index in [0.29, 0.717) is 31.1 Å². The van der Waals surface area contributed by atoms with Crippen molar-refractivity contribution < 1.29 is 9.32 Å². The molecule has 0 aliphatic rings. The van der Waals surface area contributed by atoms with Crippen LogP contribution in [0.5, 0.6) is 0 Å². The zero-order valence-electron chi connectivity index (χ0n) is 14.1. The Labute approximate surface area is 144 Å². The van der Waals surface area contributed by atoms with Gasteiger partial charge in [0.25, 0.3) is 0 Å². The number of aromatic nitrogens is 6. The number of amides is 1. The molecule has 2 heterocycles. The van der Waals surface area contributed by atoms with Crippen molar-refractivity contribution in [1.29, 1.82) is 0 Å². The van der Waals surface area contributed by atoms with Gasteiger partial charge < -0.3 is 9.84 Å². The lowest BCUT2D eigenvalue weighted by Gasteiger charge is -2.05. The molecule has 0 bridgehead atoms. The maximum Gasteiger partial charge on any atom is 0.228 e. The second-order valence-electron chi connectivity index (χ2n) is 5.90. The van der Waals surface area contributed by atoms with Crippen LogP contribution in [0.3, 0.4) is 0 Å². The molecule has 0 radical (unpaired) electrons. The number of hydrogen-bond donors (Lipinski definition) is 1. The fraction of sp³-hybridized carbons (Fsp3) is 0.375. The molecule has 9 nitrogen and oxygen atoms in total. The molecular weight excluding hydrogens is 322 g/mol. The minimum Gasteiger partial charge on any atom is -0.355 e. The summed E-state index contributed by atoms with van der Waals surface area (Å²) < 4.78 is 6.70. The first-order valence-electron chi connectivity index (χ1n) is 8.03. The van der Waals surface area contributed by atoms with E-state index in [1.54, 1.807) is 4.68 Å². The largest absolute Gasteiger partial charge is 0.355 e. The third kappa shape index (κ3) is 4.46. The highest BCUT2D eigenvalue weighted by molar-refractivity contribution is 5.78. The predicted octanol–water partition coefficient (Wildman–Crippen LogP) is 1.07. The zero-order chi connectivity index (χ0) is 17.6. The van der Waals surface area contributed by atoms with Crippen LogP contribution in [0.1, 0.15) is 37.0 Å². The number of rotatable bonds is 7. The van der Waals surface area contributed by atoms with Crippen molar-refractivity contribution in [1.82, 2.24) is 35.7 Å². The van der Waals surface area contributed by atoms with Gasteiger partial charge in [-0.1, -0.05) is 31.1 Å². The Morgan fingerprint density at radius 1 is 1.28 bits per heavy atom. The van der Waals surface area contributed by atoms with Crippen molar-refractivity contribution in [2.75, 3.05) is 6.54 Å². The number of nitrogens with zero attached hydrogens (tertiary/aromatic N) is 6. The van der Waals surface area contributed by atoms with Gasteiger partial charge in [-0.3, -0.25) is 4.79 Å². The van der Waals surface area contributed by atoms with Gasteiger partial charge in [0.2, 0.25) is 11.8 Å². The smallest absolute Gasteiger partial charge is 0.228 e. The third-order valence-electron chi connectivity index (χ3n) is 3.58. The Kier molecular flexibility index (Phi) is 5.12. The van der Waals surface area contributed by atoms with Gasteiger partial charge in [-0.15, -0.1) is 5.10 Å². The summed E-state index contributed by atoms with van der Waals surface area (Å²) in [5, 5.41) is 17.7. The molecule has 1 N–H and O–H groups in total. The minimum absolute atomic E-state index is 0.0567. The van der Waals surface area contributed by atoms with Crippen LogP contribution in [0.4, 0.5) is 0 Å². The van der Waals surface area contributed by atoms with Crippen LogP contribution in [0.2, 0.25) is 0 Å². The summed E-state index contributed by atoms with van der Waals surface area (Å²) >= 11 is 0. The van der Waals surface area contributed by atoms with Gasteiger partial charge in [0.05, 0.1) is 12.1 Å². The molecule has 130 valence electrons. The number of tetrazole rings is 1. The first kappa shape index (κ1) is 16.7. The highest BCUT2D eigenvalue weighted by Crippen LogP contribution is 2.10. The predicted molar refractivity (Wildman–Crippen MR) is 88.0 cm³/mol. The molecule has 0 spiro atoms. The lowest BCUT2D eigenvalue weighted by atomic mass is 10.1. The summed E-state index contributed by atoms with van der Waals surface area (Å²) in [4.78, 5) is 16.3. The molecule has 3 aromatic rings. The standard InChI is InChI=1S/C16H19N7O2/c1-11(2)16-19-15(25-20-16)7-8-17-14(24)9-12-3-5-13(6-4-12)23-10-18-21-22-23/h3-6,10-11H,7-9H2,1-2H3,(H,17,24). The molecule has 0 saturated carbocycles. The first-order valence-corrected chi connectivity index (χ1v) is 8.03. The van der Waals surface area contributed by atoms with E-state index in [-0.39, 0.29) is 11.8 Å². The number of benzene rings is 1. The van der Waals surface area contributed by atoms with E-state index < -0.39 is 0 Å². The van der Waals surface area contributed by atoms with E-state index in [1.165, 1.54) is 6.33 Å². The van der Waals surface area contributed by atoms with Crippen molar-refractivity contribution in [2.24, 2.45) is 0 Å². The average molecular weight is 341 g/mol. The molecule has 3 rings (SSSR count). The SMILES string of the molecule is CC(C)c1noc(CCNC(=O)Cc2ccc(-n3cnnn3)cc2)n1. The van der Waals surface area contributed by atoms with E-state index in [1.807, 2.05) is 38.1 Å². The molecule has 1 amide bonds. The number of nitrogens with one attached hydrogen (secondary N) is 1. The Morgan fingerprint density at radius 3 is 2.72 bits per heavy atom. The molecular formula is C16H19N7O2. The lowest BCUT2D eigenvalue weighted by Crippen LogP contribution is -2.27. The van der Waals surface area contributed by atoms with Crippen LogP contribution in [0.15, 0.2) is 35.1 Å². The summed E-state index contributed by atoms with van der Waals surface area (Å²) in [5.41, 5.74) is 1.75. The fourth-order valence-electron chi connectivity index (χ4n) is 2.21. The summed E-state index contributed by atoms with van der Waals surface area (Å²) in [5.74, 6) is 1.39. The molecule has 0 saturated heterocycles. The van der Waals surface area contributed by atoms with Crippen molar-refractivity contribution in [3.05, 3.63) is 47.9 Å². The molecule has 25 heavy (non-hydrogen) atoms. The minimum atomic E-state index is -0.0567. The van der Waals surface area contributed by atoms with Gasteiger partial charge in [-0.25, -0.2) is 4.68 Å². The monoisotopic (exact) mass is 341 g/mol. The molecule has 0 aliphatic heterocycles. The van der Waals surface area contributed by atoms with E-state index in [0.717, 1.165) is 11.3 Å². The number of carbonyl (C=O) groups excluding carboxylic acids is 1. The van der Waals surface area contributed by atoms with Crippen LogP contribution >= 0.6 is 0 Å². The van der Waals surface area contributed by atoms with Crippen LogP contribution in [0, 0.1) is 0 Å². The van der Waals surface area contributed by atoms with Gasteiger partial charge in [-0.05, 0) is 28.1 Å². The quantitative estimate of drug-likeness (QED) is 0.684. The zero-order valence-corrected chi connectivity index (χ0v) is 14.1. The molecule has 0 aliphatic carbocycles. The van der Waals surface area contributed by atoms with Crippen molar-refractivity contribution in [2.45, 2.75) is 32.6 Å². The van der Waals surface area contributed by atoms with Gasteiger partial charge in [0.15, 0.2) is 5.82 Å². The summed E-state index contributed by atoms with van der Waals surface area (Å²) in [6, 6.07) is 7.49. The molecule has 0 atom stereocenters. The molecule has 1 aromatic carbocycles. The highest BCUT2D eigenvalue weighted by atomic mass is 16.5. The van der Waals surface area contributed by atoms with E-state index in [9.17, 15) is 4.79 Å². The summed E-state index contributed by atoms with van der Waals surface area (Å²) in [7, 11) is 0. The molecule has 0 fully saturated rings. The van der Waals surface area contributed by atoms with E-state index >= 15 is 0 Å². The van der Waals surface area contributed by atoms with Crippen LogP contribution in [0.25, 0.3) is 5.69 Å². The normalized spacial score (nSPS) is 11.0. The topological polar surface area (TPSA) is 112 Å². The Balaban J connectivity index is 1.45. The number of carbonyl (C=O) groups is 1.